The lowest BCUT2D eigenvalue weighted by molar-refractivity contribution is 0.216. The Labute approximate surface area is 148 Å². The molecule has 2 aromatic rings. The van der Waals surface area contributed by atoms with E-state index in [2.05, 4.69) is 79.4 Å². The van der Waals surface area contributed by atoms with Gasteiger partial charge in [0.1, 0.15) is 0 Å². The van der Waals surface area contributed by atoms with Crippen LogP contribution >= 0.6 is 0 Å². The molecule has 0 aliphatic rings. The molecule has 0 atom stereocenters. The second-order valence-corrected chi connectivity index (χ2v) is 6.67. The van der Waals surface area contributed by atoms with Gasteiger partial charge in [0.2, 0.25) is 0 Å². The van der Waals surface area contributed by atoms with E-state index in [1.165, 1.54) is 62.7 Å². The highest BCUT2D eigenvalue weighted by molar-refractivity contribution is 5.31. The average molecular weight is 324 g/mol. The highest BCUT2D eigenvalue weighted by atomic mass is 15.1. The predicted octanol–water partition coefficient (Wildman–Crippen LogP) is 6.46. The van der Waals surface area contributed by atoms with Gasteiger partial charge >= 0.3 is 0 Å². The van der Waals surface area contributed by atoms with Crippen LogP contribution in [0.1, 0.15) is 69.5 Å². The molecule has 1 heteroatoms. The van der Waals surface area contributed by atoms with Crippen LogP contribution in [0.15, 0.2) is 60.7 Å². The zero-order chi connectivity index (χ0) is 17.0. The zero-order valence-electron chi connectivity index (χ0n) is 15.5. The molecule has 2 aromatic carbocycles. The van der Waals surface area contributed by atoms with Crippen molar-refractivity contribution >= 4 is 0 Å². The van der Waals surface area contributed by atoms with Crippen molar-refractivity contribution < 1.29 is 0 Å². The molecule has 0 aliphatic heterocycles. The van der Waals surface area contributed by atoms with E-state index in [1.807, 2.05) is 0 Å². The molecular weight excluding hydrogens is 290 g/mol. The lowest BCUT2D eigenvalue weighted by Gasteiger charge is -2.33. The van der Waals surface area contributed by atoms with Crippen LogP contribution in [0.5, 0.6) is 0 Å². The van der Waals surface area contributed by atoms with E-state index in [0.717, 1.165) is 0 Å². The third-order valence-corrected chi connectivity index (χ3v) is 4.69. The molecule has 0 saturated heterocycles. The summed E-state index contributed by atoms with van der Waals surface area (Å²) in [5, 5.41) is 0. The van der Waals surface area contributed by atoms with Gasteiger partial charge in [-0.1, -0.05) is 100 Å². The molecule has 0 saturated carbocycles. The SMILES string of the molecule is CCCCCN(CCCCC)C(c1ccccc1)c1ccccc1. The van der Waals surface area contributed by atoms with Gasteiger partial charge < -0.3 is 0 Å². The van der Waals surface area contributed by atoms with Crippen molar-refractivity contribution in [2.24, 2.45) is 0 Å². The number of nitrogens with zero attached hydrogens (tertiary/aromatic N) is 1. The van der Waals surface area contributed by atoms with Crippen molar-refractivity contribution in [3.63, 3.8) is 0 Å². The summed E-state index contributed by atoms with van der Waals surface area (Å²) < 4.78 is 0. The standard InChI is InChI=1S/C23H33N/c1-3-5-13-19-24(20-14-6-4-2)23(21-15-9-7-10-16-21)22-17-11-8-12-18-22/h7-12,15-18,23H,3-6,13-14,19-20H2,1-2H3. The number of benzene rings is 2. The van der Waals surface area contributed by atoms with Crippen LogP contribution in [0.2, 0.25) is 0 Å². The fraction of sp³-hybridized carbons (Fsp3) is 0.478. The Hall–Kier alpha value is -1.60. The molecule has 0 radical (unpaired) electrons. The van der Waals surface area contributed by atoms with Gasteiger partial charge in [-0.25, -0.2) is 0 Å². The molecule has 0 fully saturated rings. The first-order valence-corrected chi connectivity index (χ1v) is 9.70. The van der Waals surface area contributed by atoms with E-state index < -0.39 is 0 Å². The van der Waals surface area contributed by atoms with Gasteiger partial charge in [-0.2, -0.15) is 0 Å². The molecule has 0 amide bonds. The normalized spacial score (nSPS) is 11.3. The van der Waals surface area contributed by atoms with Crippen LogP contribution in [0.3, 0.4) is 0 Å². The van der Waals surface area contributed by atoms with Crippen LogP contribution in [0.25, 0.3) is 0 Å². The Morgan fingerprint density at radius 2 is 1.04 bits per heavy atom. The van der Waals surface area contributed by atoms with Crippen molar-refractivity contribution in [2.75, 3.05) is 13.1 Å². The zero-order valence-corrected chi connectivity index (χ0v) is 15.5. The summed E-state index contributed by atoms with van der Waals surface area (Å²) in [6, 6.07) is 22.4. The van der Waals surface area contributed by atoms with Crippen molar-refractivity contribution in [1.82, 2.24) is 4.90 Å². The first kappa shape index (κ1) is 18.7. The fourth-order valence-corrected chi connectivity index (χ4v) is 3.38. The molecule has 0 N–H and O–H groups in total. The predicted molar refractivity (Wildman–Crippen MR) is 105 cm³/mol. The van der Waals surface area contributed by atoms with Crippen LogP contribution in [-0.2, 0) is 0 Å². The van der Waals surface area contributed by atoms with Gasteiger partial charge in [0, 0.05) is 0 Å². The summed E-state index contributed by atoms with van der Waals surface area (Å²) in [5.74, 6) is 0. The van der Waals surface area contributed by atoms with Gasteiger partial charge in [-0.3, -0.25) is 4.90 Å². The summed E-state index contributed by atoms with van der Waals surface area (Å²) in [4.78, 5) is 2.70. The molecule has 0 aromatic heterocycles. The average Bonchev–Trinajstić information content (AvgIpc) is 2.64. The van der Waals surface area contributed by atoms with Crippen molar-refractivity contribution in [3.8, 4) is 0 Å². The number of unbranched alkanes of at least 4 members (excludes halogenated alkanes) is 4. The quantitative estimate of drug-likeness (QED) is 0.429. The molecule has 130 valence electrons. The second-order valence-electron chi connectivity index (χ2n) is 6.67. The van der Waals surface area contributed by atoms with E-state index in [9.17, 15) is 0 Å². The van der Waals surface area contributed by atoms with Crippen molar-refractivity contribution in [1.29, 1.82) is 0 Å². The van der Waals surface area contributed by atoms with Crippen LogP contribution < -0.4 is 0 Å². The minimum absolute atomic E-state index is 0.376. The van der Waals surface area contributed by atoms with Crippen molar-refractivity contribution in [3.05, 3.63) is 71.8 Å². The summed E-state index contributed by atoms with van der Waals surface area (Å²) in [6.07, 6.45) is 7.78. The molecule has 24 heavy (non-hydrogen) atoms. The maximum atomic E-state index is 2.70. The van der Waals surface area contributed by atoms with Gasteiger partial charge in [-0.15, -0.1) is 0 Å². The maximum Gasteiger partial charge on any atom is 0.0601 e. The molecule has 0 unspecified atom stereocenters. The number of hydrogen-bond donors (Lipinski definition) is 0. The molecule has 2 rings (SSSR count). The monoisotopic (exact) mass is 323 g/mol. The van der Waals surface area contributed by atoms with Crippen LogP contribution in [0, 0.1) is 0 Å². The third-order valence-electron chi connectivity index (χ3n) is 4.69. The fourth-order valence-electron chi connectivity index (χ4n) is 3.38. The second kappa shape index (κ2) is 11.0. The maximum absolute atomic E-state index is 2.70. The Bertz CT molecular complexity index is 485. The lowest BCUT2D eigenvalue weighted by atomic mass is 9.96. The Kier molecular flexibility index (Phi) is 8.62. The summed E-state index contributed by atoms with van der Waals surface area (Å²) in [5.41, 5.74) is 2.83. The van der Waals surface area contributed by atoms with Gasteiger partial charge in [0.05, 0.1) is 6.04 Å². The molecule has 0 spiro atoms. The molecular formula is C23H33N. The minimum Gasteiger partial charge on any atom is -0.292 e. The van der Waals surface area contributed by atoms with Gasteiger partial charge in [0.25, 0.3) is 0 Å². The van der Waals surface area contributed by atoms with E-state index in [4.69, 9.17) is 0 Å². The Morgan fingerprint density at radius 1 is 0.625 bits per heavy atom. The highest BCUT2D eigenvalue weighted by Crippen LogP contribution is 2.29. The Balaban J connectivity index is 2.25. The molecule has 0 bridgehead atoms. The minimum atomic E-state index is 0.376. The van der Waals surface area contributed by atoms with E-state index in [0.29, 0.717) is 6.04 Å². The lowest BCUT2D eigenvalue weighted by Crippen LogP contribution is -2.31. The van der Waals surface area contributed by atoms with Gasteiger partial charge in [0.15, 0.2) is 0 Å². The van der Waals surface area contributed by atoms with E-state index >= 15 is 0 Å². The number of rotatable bonds is 11. The molecule has 0 aliphatic carbocycles. The highest BCUT2D eigenvalue weighted by Gasteiger charge is 2.21. The smallest absolute Gasteiger partial charge is 0.0601 e. The Morgan fingerprint density at radius 3 is 1.42 bits per heavy atom. The topological polar surface area (TPSA) is 3.24 Å². The third kappa shape index (κ3) is 5.79. The van der Waals surface area contributed by atoms with Crippen LogP contribution in [-0.4, -0.2) is 18.0 Å². The van der Waals surface area contributed by atoms with E-state index in [-0.39, 0.29) is 0 Å². The first-order valence-electron chi connectivity index (χ1n) is 9.70. The summed E-state index contributed by atoms with van der Waals surface area (Å²) in [7, 11) is 0. The van der Waals surface area contributed by atoms with Crippen LogP contribution in [0.4, 0.5) is 0 Å². The molecule has 0 heterocycles. The summed E-state index contributed by atoms with van der Waals surface area (Å²) in [6.45, 7) is 6.94. The van der Waals surface area contributed by atoms with E-state index in [1.54, 1.807) is 0 Å². The van der Waals surface area contributed by atoms with Gasteiger partial charge in [-0.05, 0) is 37.1 Å². The number of hydrogen-bond acceptors (Lipinski definition) is 1. The van der Waals surface area contributed by atoms with Crippen molar-refractivity contribution in [2.45, 2.75) is 58.4 Å². The molecule has 1 nitrogen and oxygen atoms in total. The first-order chi connectivity index (χ1) is 11.9. The summed E-state index contributed by atoms with van der Waals surface area (Å²) >= 11 is 0. The largest absolute Gasteiger partial charge is 0.292 e.